The average molecular weight is 513 g/mol. The number of hydrogen-bond acceptors (Lipinski definition) is 8. The maximum atomic E-state index is 13.1. The number of nitrogens with zero attached hydrogens (tertiary/aromatic N) is 2. The molecule has 1 saturated heterocycles. The highest BCUT2D eigenvalue weighted by atomic mass is 32.2. The molecule has 1 amide bonds. The Balaban J connectivity index is 1.64. The van der Waals surface area contributed by atoms with Crippen LogP contribution in [0.15, 0.2) is 41.0 Å². The fourth-order valence-electron chi connectivity index (χ4n) is 3.97. The van der Waals surface area contributed by atoms with Gasteiger partial charge in [-0.3, -0.25) is 4.79 Å². The van der Waals surface area contributed by atoms with Crippen LogP contribution < -0.4 is 4.74 Å². The Morgan fingerprint density at radius 2 is 1.89 bits per heavy atom. The molecule has 0 unspecified atom stereocenters. The van der Waals surface area contributed by atoms with Gasteiger partial charge in [-0.2, -0.15) is 4.31 Å². The van der Waals surface area contributed by atoms with Gasteiger partial charge in [-0.25, -0.2) is 8.42 Å². The van der Waals surface area contributed by atoms with Gasteiger partial charge in [0.1, 0.15) is 5.75 Å². The molecule has 3 rings (SSSR count). The molecule has 0 aliphatic carbocycles. The zero-order chi connectivity index (χ0) is 25.4. The molecule has 2 aliphatic heterocycles. The Labute approximate surface area is 207 Å². The van der Waals surface area contributed by atoms with E-state index in [9.17, 15) is 18.3 Å². The van der Waals surface area contributed by atoms with Crippen molar-refractivity contribution in [2.75, 3.05) is 59.7 Å². The summed E-state index contributed by atoms with van der Waals surface area (Å²) in [4.78, 5) is 14.8. The number of aliphatic hydroxyl groups excluding tert-OH is 1. The van der Waals surface area contributed by atoms with Crippen LogP contribution in [-0.2, 0) is 29.0 Å². The maximum Gasteiger partial charge on any atom is 0.288 e. The van der Waals surface area contributed by atoms with Gasteiger partial charge >= 0.3 is 0 Å². The largest absolute Gasteiger partial charge is 0.497 e. The first-order valence-corrected chi connectivity index (χ1v) is 13.3. The van der Waals surface area contributed by atoms with Gasteiger partial charge in [0.2, 0.25) is 16.3 Å². The van der Waals surface area contributed by atoms with Gasteiger partial charge in [0.15, 0.2) is 5.76 Å². The molecule has 0 spiro atoms. The Morgan fingerprint density at radius 1 is 1.20 bits per heavy atom. The highest BCUT2D eigenvalue weighted by Gasteiger charge is 2.32. The summed E-state index contributed by atoms with van der Waals surface area (Å²) in [5.74, 6) is 0.992. The Morgan fingerprint density at radius 3 is 2.49 bits per heavy atom. The first kappa shape index (κ1) is 27.4. The SMILES string of the molecule is COc1ccc(S(=O)(=O)N(CCO)CCO[C@H]2C[C@@H](C(C)C)C=C(C(=O)N3CCOCC3)O2)cc1. The molecule has 0 aromatic heterocycles. The van der Waals surface area contributed by atoms with Gasteiger partial charge in [-0.1, -0.05) is 13.8 Å². The predicted molar refractivity (Wildman–Crippen MR) is 128 cm³/mol. The lowest BCUT2D eigenvalue weighted by Crippen LogP contribution is -2.43. The van der Waals surface area contributed by atoms with Crippen LogP contribution in [0.5, 0.6) is 5.75 Å². The van der Waals surface area contributed by atoms with Crippen LogP contribution >= 0.6 is 0 Å². The lowest BCUT2D eigenvalue weighted by Gasteiger charge is -2.34. The molecule has 11 heteroatoms. The first-order valence-electron chi connectivity index (χ1n) is 11.9. The van der Waals surface area contributed by atoms with Crippen LogP contribution in [0.4, 0.5) is 0 Å². The fourth-order valence-corrected chi connectivity index (χ4v) is 5.39. The summed E-state index contributed by atoms with van der Waals surface area (Å²) in [6, 6.07) is 6.07. The Kier molecular flexibility index (Phi) is 9.93. The molecule has 1 fully saturated rings. The third-order valence-electron chi connectivity index (χ3n) is 6.14. The van der Waals surface area contributed by atoms with E-state index in [0.29, 0.717) is 38.5 Å². The summed E-state index contributed by atoms with van der Waals surface area (Å²) in [7, 11) is -2.34. The summed E-state index contributed by atoms with van der Waals surface area (Å²) in [5.41, 5.74) is 0. The van der Waals surface area contributed by atoms with E-state index in [1.807, 2.05) is 6.08 Å². The smallest absolute Gasteiger partial charge is 0.288 e. The normalized spacial score (nSPS) is 21.1. The number of ether oxygens (including phenoxy) is 4. The average Bonchev–Trinajstić information content (AvgIpc) is 2.88. The summed E-state index contributed by atoms with van der Waals surface area (Å²) in [6.45, 7) is 5.83. The lowest BCUT2D eigenvalue weighted by molar-refractivity contribution is -0.158. The number of benzene rings is 1. The van der Waals surface area contributed by atoms with Crippen molar-refractivity contribution in [1.29, 1.82) is 0 Å². The number of amides is 1. The highest BCUT2D eigenvalue weighted by Crippen LogP contribution is 2.30. The molecular formula is C24H36N2O8S. The number of carbonyl (C=O) groups excluding carboxylic acids is 1. The summed E-state index contributed by atoms with van der Waals surface area (Å²) in [5, 5.41) is 9.44. The second-order valence-electron chi connectivity index (χ2n) is 8.80. The van der Waals surface area contributed by atoms with Gasteiger partial charge in [0.25, 0.3) is 5.91 Å². The molecule has 10 nitrogen and oxygen atoms in total. The van der Waals surface area contributed by atoms with Crippen LogP contribution in [0, 0.1) is 11.8 Å². The van der Waals surface area contributed by atoms with Crippen LogP contribution in [0.25, 0.3) is 0 Å². The number of morpholine rings is 1. The van der Waals surface area contributed by atoms with Crippen molar-refractivity contribution in [3.8, 4) is 5.75 Å². The van der Waals surface area contributed by atoms with Crippen molar-refractivity contribution in [3.63, 3.8) is 0 Å². The van der Waals surface area contributed by atoms with Gasteiger partial charge in [0, 0.05) is 32.6 Å². The molecule has 35 heavy (non-hydrogen) atoms. The number of allylic oxidation sites excluding steroid dienone is 1. The molecule has 196 valence electrons. The molecule has 0 radical (unpaired) electrons. The molecule has 0 saturated carbocycles. The monoisotopic (exact) mass is 512 g/mol. The van der Waals surface area contributed by atoms with Gasteiger partial charge < -0.3 is 29.0 Å². The van der Waals surface area contributed by atoms with Gasteiger partial charge in [0.05, 0.1) is 38.4 Å². The molecule has 2 heterocycles. The van der Waals surface area contributed by atoms with Gasteiger partial charge in [-0.05, 0) is 42.2 Å². The quantitative estimate of drug-likeness (QED) is 0.474. The topological polar surface area (TPSA) is 115 Å². The number of methoxy groups -OCH3 is 1. The van der Waals surface area contributed by atoms with E-state index in [1.54, 1.807) is 17.0 Å². The molecule has 2 atom stereocenters. The Bertz CT molecular complexity index is 958. The minimum atomic E-state index is -3.84. The minimum Gasteiger partial charge on any atom is -0.497 e. The van der Waals surface area contributed by atoms with Crippen molar-refractivity contribution in [1.82, 2.24) is 9.21 Å². The molecular weight excluding hydrogens is 476 g/mol. The lowest BCUT2D eigenvalue weighted by atomic mass is 9.90. The number of rotatable bonds is 11. The van der Waals surface area contributed by atoms with Crippen LogP contribution in [-0.4, -0.2) is 94.6 Å². The van der Waals surface area contributed by atoms with Crippen LogP contribution in [0.3, 0.4) is 0 Å². The van der Waals surface area contributed by atoms with Crippen molar-refractivity contribution < 1.29 is 37.3 Å². The number of sulfonamides is 1. The second kappa shape index (κ2) is 12.7. The predicted octanol–water partition coefficient (Wildman–Crippen LogP) is 1.46. The van der Waals surface area contributed by atoms with E-state index in [1.165, 1.54) is 23.5 Å². The summed E-state index contributed by atoms with van der Waals surface area (Å²) >= 11 is 0. The maximum absolute atomic E-state index is 13.1. The first-order chi connectivity index (χ1) is 16.8. The second-order valence-corrected chi connectivity index (χ2v) is 10.7. The summed E-state index contributed by atoms with van der Waals surface area (Å²) in [6.07, 6.45) is 1.75. The van der Waals surface area contributed by atoms with Crippen LogP contribution in [0.1, 0.15) is 20.3 Å². The van der Waals surface area contributed by atoms with E-state index >= 15 is 0 Å². The Hall–Kier alpha value is -2.18. The number of hydrogen-bond donors (Lipinski definition) is 1. The molecule has 1 N–H and O–H groups in total. The number of carbonyl (C=O) groups is 1. The fraction of sp³-hybridized carbons (Fsp3) is 0.625. The van der Waals surface area contributed by atoms with E-state index in [2.05, 4.69) is 13.8 Å². The molecule has 0 bridgehead atoms. The van der Waals surface area contributed by atoms with Crippen molar-refractivity contribution in [3.05, 3.63) is 36.1 Å². The minimum absolute atomic E-state index is 0.0254. The van der Waals surface area contributed by atoms with Crippen LogP contribution in [0.2, 0.25) is 0 Å². The zero-order valence-electron chi connectivity index (χ0n) is 20.6. The summed E-state index contributed by atoms with van der Waals surface area (Å²) < 4.78 is 49.6. The molecule has 2 aliphatic rings. The number of aliphatic hydroxyl groups is 1. The molecule has 1 aromatic rings. The van der Waals surface area contributed by atoms with E-state index in [-0.39, 0.29) is 54.7 Å². The van der Waals surface area contributed by atoms with E-state index in [4.69, 9.17) is 18.9 Å². The van der Waals surface area contributed by atoms with Crippen molar-refractivity contribution >= 4 is 15.9 Å². The third kappa shape index (κ3) is 7.17. The zero-order valence-corrected chi connectivity index (χ0v) is 21.4. The van der Waals surface area contributed by atoms with Gasteiger partial charge in [-0.15, -0.1) is 0 Å². The van der Waals surface area contributed by atoms with E-state index < -0.39 is 16.3 Å². The van der Waals surface area contributed by atoms with Crippen molar-refractivity contribution in [2.24, 2.45) is 11.8 Å². The van der Waals surface area contributed by atoms with E-state index in [0.717, 1.165) is 0 Å². The standard InChI is InChI=1S/C24H36N2O8S/c1-18(2)19-16-22(24(28)25-9-13-32-14-10-25)34-23(17-19)33-15-11-26(8-12-27)35(29,30)21-6-4-20(31-3)5-7-21/h4-7,16,18-19,23,27H,8-15,17H2,1-3H3/t19-,23+/m0/s1. The molecule has 1 aromatic carbocycles. The third-order valence-corrected chi connectivity index (χ3v) is 8.06. The highest BCUT2D eigenvalue weighted by molar-refractivity contribution is 7.89. The van der Waals surface area contributed by atoms with Crippen molar-refractivity contribution in [2.45, 2.75) is 31.5 Å².